The van der Waals surface area contributed by atoms with Gasteiger partial charge in [-0.1, -0.05) is 36.4 Å². The number of fused-ring (bicyclic) bond motifs is 1. The number of benzene rings is 2. The second kappa shape index (κ2) is 5.95. The van der Waals surface area contributed by atoms with Crippen LogP contribution >= 0.6 is 11.3 Å². The van der Waals surface area contributed by atoms with E-state index in [4.69, 9.17) is 5.11 Å². The van der Waals surface area contributed by atoms with E-state index >= 15 is 0 Å². The van der Waals surface area contributed by atoms with Gasteiger partial charge in [0.1, 0.15) is 0 Å². The molecule has 0 saturated heterocycles. The van der Waals surface area contributed by atoms with E-state index in [1.165, 1.54) is 15.8 Å². The summed E-state index contributed by atoms with van der Waals surface area (Å²) in [7, 11) is 0. The zero-order chi connectivity index (χ0) is 15.6. The first-order chi connectivity index (χ1) is 11.3. The highest BCUT2D eigenvalue weighted by Crippen LogP contribution is 2.29. The van der Waals surface area contributed by atoms with E-state index in [0.29, 0.717) is 6.54 Å². The van der Waals surface area contributed by atoms with Crippen LogP contribution in [0.4, 0.5) is 0 Å². The average Bonchev–Trinajstić information content (AvgIpc) is 3.24. The smallest absolute Gasteiger partial charge is 0.0890 e. The van der Waals surface area contributed by atoms with Crippen molar-refractivity contribution in [2.75, 3.05) is 0 Å². The van der Waals surface area contributed by atoms with E-state index in [1.54, 1.807) is 17.5 Å². The molecule has 0 aliphatic heterocycles. The first-order valence-corrected chi connectivity index (χ1v) is 8.25. The Hall–Kier alpha value is -2.50. The van der Waals surface area contributed by atoms with Crippen LogP contribution in [-0.4, -0.2) is 19.9 Å². The number of rotatable bonds is 4. The van der Waals surface area contributed by atoms with E-state index in [9.17, 15) is 0 Å². The summed E-state index contributed by atoms with van der Waals surface area (Å²) in [6.07, 6.45) is 3.56. The number of thiazole rings is 1. The Morgan fingerprint density at radius 1 is 1.04 bits per heavy atom. The number of aliphatic hydroxyl groups is 1. The lowest BCUT2D eigenvalue weighted by Crippen LogP contribution is -1.99. The first-order valence-electron chi connectivity index (χ1n) is 7.37. The summed E-state index contributed by atoms with van der Waals surface area (Å²) < 4.78 is 3.04. The summed E-state index contributed by atoms with van der Waals surface area (Å²) in [4.78, 5) is 4.48. The van der Waals surface area contributed by atoms with Gasteiger partial charge in [0.2, 0.25) is 0 Å². The van der Waals surface area contributed by atoms with Gasteiger partial charge in [-0.2, -0.15) is 5.10 Å². The number of hydrogen-bond acceptors (Lipinski definition) is 4. The zero-order valence-corrected chi connectivity index (χ0v) is 13.2. The van der Waals surface area contributed by atoms with Gasteiger partial charge in [-0.05, 0) is 17.2 Å². The number of nitrogens with zero attached hydrogens (tertiary/aromatic N) is 3. The Bertz CT molecular complexity index is 940. The van der Waals surface area contributed by atoms with Crippen LogP contribution in [0, 0.1) is 0 Å². The van der Waals surface area contributed by atoms with Crippen molar-refractivity contribution in [2.45, 2.75) is 13.2 Å². The molecule has 0 bridgehead atoms. The molecule has 0 aliphatic carbocycles. The van der Waals surface area contributed by atoms with Crippen LogP contribution in [0.15, 0.2) is 60.4 Å². The maximum absolute atomic E-state index is 9.09. The van der Waals surface area contributed by atoms with E-state index in [0.717, 1.165) is 16.6 Å². The van der Waals surface area contributed by atoms with Crippen molar-refractivity contribution in [3.63, 3.8) is 0 Å². The van der Waals surface area contributed by atoms with Gasteiger partial charge in [-0.3, -0.25) is 4.68 Å². The number of aromatic nitrogens is 3. The topological polar surface area (TPSA) is 50.9 Å². The summed E-state index contributed by atoms with van der Waals surface area (Å²) in [6.45, 7) is 0.720. The Morgan fingerprint density at radius 2 is 1.91 bits per heavy atom. The van der Waals surface area contributed by atoms with Crippen molar-refractivity contribution in [3.8, 4) is 11.1 Å². The third kappa shape index (κ3) is 2.76. The minimum atomic E-state index is 0.0244. The van der Waals surface area contributed by atoms with Gasteiger partial charge in [0, 0.05) is 17.3 Å². The summed E-state index contributed by atoms with van der Waals surface area (Å²) in [6, 6.07) is 14.8. The van der Waals surface area contributed by atoms with E-state index in [-0.39, 0.29) is 6.61 Å². The van der Waals surface area contributed by atoms with Crippen LogP contribution in [0.5, 0.6) is 0 Å². The molecule has 114 valence electrons. The normalized spacial score (nSPS) is 11.2. The molecule has 4 aromatic rings. The lowest BCUT2D eigenvalue weighted by Gasteiger charge is -2.06. The SMILES string of the molecule is OCc1cnn(Cc2ccc(-c3cccc4scnc34)cc2)c1. The third-order valence-corrected chi connectivity index (χ3v) is 4.63. The molecule has 0 unspecified atom stereocenters. The zero-order valence-electron chi connectivity index (χ0n) is 12.4. The quantitative estimate of drug-likeness (QED) is 0.623. The van der Waals surface area contributed by atoms with Crippen molar-refractivity contribution < 1.29 is 5.11 Å². The van der Waals surface area contributed by atoms with Crippen LogP contribution in [0.25, 0.3) is 21.3 Å². The largest absolute Gasteiger partial charge is 0.392 e. The lowest BCUT2D eigenvalue weighted by molar-refractivity contribution is 0.281. The molecule has 0 amide bonds. The second-order valence-corrected chi connectivity index (χ2v) is 6.29. The predicted molar refractivity (Wildman–Crippen MR) is 92.3 cm³/mol. The summed E-state index contributed by atoms with van der Waals surface area (Å²) >= 11 is 1.66. The molecule has 1 N–H and O–H groups in total. The molecule has 4 rings (SSSR count). The highest BCUT2D eigenvalue weighted by Gasteiger charge is 2.06. The van der Waals surface area contributed by atoms with Crippen molar-refractivity contribution >= 4 is 21.6 Å². The maximum Gasteiger partial charge on any atom is 0.0890 e. The molecule has 0 atom stereocenters. The van der Waals surface area contributed by atoms with Crippen LogP contribution in [0.2, 0.25) is 0 Å². The predicted octanol–water partition coefficient (Wildman–Crippen LogP) is 3.70. The fourth-order valence-corrected chi connectivity index (χ4v) is 3.37. The number of aliphatic hydroxyl groups excluding tert-OH is 1. The molecule has 4 nitrogen and oxygen atoms in total. The fraction of sp³-hybridized carbons (Fsp3) is 0.111. The lowest BCUT2D eigenvalue weighted by atomic mass is 10.0. The fourth-order valence-electron chi connectivity index (χ4n) is 2.67. The van der Waals surface area contributed by atoms with Crippen molar-refractivity contribution in [2.24, 2.45) is 0 Å². The van der Waals surface area contributed by atoms with Crippen molar-refractivity contribution in [3.05, 3.63) is 71.5 Å². The van der Waals surface area contributed by atoms with Gasteiger partial charge in [-0.15, -0.1) is 11.3 Å². The molecule has 23 heavy (non-hydrogen) atoms. The van der Waals surface area contributed by atoms with Gasteiger partial charge in [-0.25, -0.2) is 4.98 Å². The van der Waals surface area contributed by atoms with Gasteiger partial charge in [0.15, 0.2) is 0 Å². The van der Waals surface area contributed by atoms with Gasteiger partial charge < -0.3 is 5.11 Å². The highest BCUT2D eigenvalue weighted by molar-refractivity contribution is 7.16. The minimum Gasteiger partial charge on any atom is -0.392 e. The molecule has 2 heterocycles. The van der Waals surface area contributed by atoms with Gasteiger partial charge in [0.05, 0.1) is 35.1 Å². The average molecular weight is 321 g/mol. The Morgan fingerprint density at radius 3 is 2.70 bits per heavy atom. The molecular formula is C18H15N3OS. The van der Waals surface area contributed by atoms with E-state index in [2.05, 4.69) is 52.5 Å². The molecule has 0 spiro atoms. The summed E-state index contributed by atoms with van der Waals surface area (Å²) in [5.41, 5.74) is 7.28. The van der Waals surface area contributed by atoms with Crippen LogP contribution in [0.3, 0.4) is 0 Å². The third-order valence-electron chi connectivity index (χ3n) is 3.84. The molecule has 0 aliphatic rings. The van der Waals surface area contributed by atoms with Gasteiger partial charge in [0.25, 0.3) is 0 Å². The van der Waals surface area contributed by atoms with Gasteiger partial charge >= 0.3 is 0 Å². The molecule has 0 radical (unpaired) electrons. The van der Waals surface area contributed by atoms with E-state index in [1.807, 2.05) is 16.4 Å². The maximum atomic E-state index is 9.09. The standard InChI is InChI=1S/C18H15N3OS/c22-11-14-8-20-21(10-14)9-13-4-6-15(7-5-13)16-2-1-3-17-18(16)19-12-23-17/h1-8,10,12,22H,9,11H2. The summed E-state index contributed by atoms with van der Waals surface area (Å²) in [5, 5.41) is 13.3. The molecule has 0 fully saturated rings. The number of hydrogen-bond donors (Lipinski definition) is 1. The van der Waals surface area contributed by atoms with E-state index < -0.39 is 0 Å². The summed E-state index contributed by atoms with van der Waals surface area (Å²) in [5.74, 6) is 0. The first kappa shape index (κ1) is 14.1. The van der Waals surface area contributed by atoms with Crippen LogP contribution in [0.1, 0.15) is 11.1 Å². The van der Waals surface area contributed by atoms with Crippen molar-refractivity contribution in [1.82, 2.24) is 14.8 Å². The molecular weight excluding hydrogens is 306 g/mol. The Balaban J connectivity index is 1.61. The number of para-hydroxylation sites is 1. The highest BCUT2D eigenvalue weighted by atomic mass is 32.1. The van der Waals surface area contributed by atoms with Crippen LogP contribution in [-0.2, 0) is 13.2 Å². The second-order valence-electron chi connectivity index (χ2n) is 5.41. The molecule has 2 aromatic heterocycles. The molecule has 5 heteroatoms. The van der Waals surface area contributed by atoms with Crippen LogP contribution < -0.4 is 0 Å². The minimum absolute atomic E-state index is 0.0244. The Labute approximate surface area is 137 Å². The monoisotopic (exact) mass is 321 g/mol. The van der Waals surface area contributed by atoms with Crippen molar-refractivity contribution in [1.29, 1.82) is 0 Å². The molecule has 0 saturated carbocycles. The Kier molecular flexibility index (Phi) is 3.65. The molecule has 2 aromatic carbocycles.